The number of aromatic nitrogens is 2. The molecule has 0 amide bonds. The van der Waals surface area contributed by atoms with Crippen molar-refractivity contribution in [2.24, 2.45) is 11.7 Å². The van der Waals surface area contributed by atoms with Crippen molar-refractivity contribution in [2.45, 2.75) is 37.8 Å². The second kappa shape index (κ2) is 5.93. The molecule has 2 fully saturated rings. The fraction of sp³-hybridized carbons (Fsp3) is 0.714. The Morgan fingerprint density at radius 2 is 1.95 bits per heavy atom. The van der Waals surface area contributed by atoms with Gasteiger partial charge in [0, 0.05) is 38.1 Å². The van der Waals surface area contributed by atoms with Crippen LogP contribution in [0, 0.1) is 5.92 Å². The molecule has 0 unspecified atom stereocenters. The molecule has 1 saturated carbocycles. The van der Waals surface area contributed by atoms with Gasteiger partial charge in [0.05, 0.1) is 0 Å². The van der Waals surface area contributed by atoms with Crippen molar-refractivity contribution in [1.29, 1.82) is 0 Å². The van der Waals surface area contributed by atoms with Crippen molar-refractivity contribution < 1.29 is 9.84 Å². The fourth-order valence-corrected chi connectivity index (χ4v) is 2.81. The summed E-state index contributed by atoms with van der Waals surface area (Å²) in [6, 6.07) is 0.264. The molecule has 0 radical (unpaired) electrons. The predicted molar refractivity (Wildman–Crippen MR) is 75.7 cm³/mol. The summed E-state index contributed by atoms with van der Waals surface area (Å²) in [6.07, 6.45) is 7.30. The number of hydrogen-bond donors (Lipinski definition) is 2. The molecule has 3 N–H and O–H groups in total. The fourth-order valence-electron chi connectivity index (χ4n) is 2.81. The van der Waals surface area contributed by atoms with E-state index in [1.807, 2.05) is 0 Å². The number of piperidine rings is 1. The third-order valence-corrected chi connectivity index (χ3v) is 4.23. The van der Waals surface area contributed by atoms with Crippen LogP contribution in [-0.2, 0) is 0 Å². The normalized spacial score (nSPS) is 27.2. The van der Waals surface area contributed by atoms with E-state index in [9.17, 15) is 5.11 Å². The average molecular weight is 278 g/mol. The van der Waals surface area contributed by atoms with E-state index in [0.717, 1.165) is 44.6 Å². The minimum atomic E-state index is 0.176. The molecule has 6 heteroatoms. The first kappa shape index (κ1) is 13.6. The molecule has 110 valence electrons. The first-order chi connectivity index (χ1) is 9.76. The van der Waals surface area contributed by atoms with Crippen molar-refractivity contribution in [1.82, 2.24) is 9.97 Å². The first-order valence-electron chi connectivity index (χ1n) is 7.35. The first-order valence-corrected chi connectivity index (χ1v) is 7.35. The third-order valence-electron chi connectivity index (χ3n) is 4.23. The Morgan fingerprint density at radius 1 is 1.25 bits per heavy atom. The summed E-state index contributed by atoms with van der Waals surface area (Å²) in [6.45, 7) is 2.06. The highest BCUT2D eigenvalue weighted by Gasteiger charge is 2.30. The van der Waals surface area contributed by atoms with Gasteiger partial charge in [0.2, 0.25) is 0 Å². The molecule has 2 heterocycles. The van der Waals surface area contributed by atoms with Gasteiger partial charge in [-0.25, -0.2) is 9.97 Å². The van der Waals surface area contributed by atoms with E-state index in [1.165, 1.54) is 0 Å². The van der Waals surface area contributed by atoms with E-state index in [1.54, 1.807) is 12.4 Å². The Morgan fingerprint density at radius 3 is 2.60 bits per heavy atom. The minimum absolute atomic E-state index is 0.176. The lowest BCUT2D eigenvalue weighted by molar-refractivity contribution is 0.0956. The van der Waals surface area contributed by atoms with Gasteiger partial charge in [0.25, 0.3) is 5.88 Å². The number of anilines is 1. The highest BCUT2D eigenvalue weighted by atomic mass is 16.5. The van der Waals surface area contributed by atoms with Crippen LogP contribution in [0.15, 0.2) is 12.4 Å². The lowest BCUT2D eigenvalue weighted by Gasteiger charge is -2.35. The summed E-state index contributed by atoms with van der Waals surface area (Å²) in [7, 11) is 0. The van der Waals surface area contributed by atoms with Gasteiger partial charge >= 0.3 is 0 Å². The van der Waals surface area contributed by atoms with Crippen LogP contribution in [0.4, 0.5) is 5.82 Å². The van der Waals surface area contributed by atoms with Gasteiger partial charge in [-0.15, -0.1) is 0 Å². The van der Waals surface area contributed by atoms with Crippen molar-refractivity contribution in [3.63, 3.8) is 0 Å². The van der Waals surface area contributed by atoms with Crippen molar-refractivity contribution in [2.75, 3.05) is 24.6 Å². The molecule has 1 aromatic heterocycles. The highest BCUT2D eigenvalue weighted by molar-refractivity contribution is 5.48. The van der Waals surface area contributed by atoms with Crippen LogP contribution >= 0.6 is 0 Å². The monoisotopic (exact) mass is 278 g/mol. The molecule has 2 aliphatic rings. The maximum Gasteiger partial charge on any atom is 0.257 e. The van der Waals surface area contributed by atoms with E-state index in [-0.39, 0.29) is 18.8 Å². The van der Waals surface area contributed by atoms with Crippen LogP contribution < -0.4 is 15.4 Å². The summed E-state index contributed by atoms with van der Waals surface area (Å²) >= 11 is 0. The molecule has 6 nitrogen and oxygen atoms in total. The van der Waals surface area contributed by atoms with Crippen LogP contribution in [-0.4, -0.2) is 46.9 Å². The molecular weight excluding hydrogens is 256 g/mol. The Kier molecular flexibility index (Phi) is 4.03. The highest BCUT2D eigenvalue weighted by Crippen LogP contribution is 2.31. The number of aliphatic hydroxyl groups excluding tert-OH is 1. The van der Waals surface area contributed by atoms with Gasteiger partial charge in [-0.1, -0.05) is 0 Å². The van der Waals surface area contributed by atoms with E-state index in [0.29, 0.717) is 11.8 Å². The maximum absolute atomic E-state index is 9.20. The second-order valence-electron chi connectivity index (χ2n) is 5.77. The molecule has 1 aliphatic carbocycles. The summed E-state index contributed by atoms with van der Waals surface area (Å²) in [5.41, 5.74) is 5.78. The topological polar surface area (TPSA) is 84.5 Å². The Labute approximate surface area is 119 Å². The van der Waals surface area contributed by atoms with Gasteiger partial charge in [-0.3, -0.25) is 0 Å². The van der Waals surface area contributed by atoms with E-state index in [4.69, 9.17) is 10.5 Å². The van der Waals surface area contributed by atoms with E-state index in [2.05, 4.69) is 14.9 Å². The summed E-state index contributed by atoms with van der Waals surface area (Å²) in [4.78, 5) is 11.0. The lowest BCUT2D eigenvalue weighted by atomic mass is 9.90. The summed E-state index contributed by atoms with van der Waals surface area (Å²) in [5, 5.41) is 9.20. The summed E-state index contributed by atoms with van der Waals surface area (Å²) < 4.78 is 5.91. The predicted octanol–water partition coefficient (Wildman–Crippen LogP) is 0.554. The van der Waals surface area contributed by atoms with Crippen molar-refractivity contribution in [3.05, 3.63) is 12.4 Å². The van der Waals surface area contributed by atoms with Gasteiger partial charge in [0.15, 0.2) is 5.82 Å². The molecule has 20 heavy (non-hydrogen) atoms. The number of rotatable bonds is 4. The van der Waals surface area contributed by atoms with Gasteiger partial charge < -0.3 is 20.5 Å². The van der Waals surface area contributed by atoms with Crippen molar-refractivity contribution in [3.8, 4) is 5.88 Å². The van der Waals surface area contributed by atoms with Crippen LogP contribution in [0.1, 0.15) is 25.7 Å². The number of nitrogens with zero attached hydrogens (tertiary/aromatic N) is 3. The zero-order valence-corrected chi connectivity index (χ0v) is 11.6. The van der Waals surface area contributed by atoms with Gasteiger partial charge in [-0.05, 0) is 31.6 Å². The average Bonchev–Trinajstić information content (AvgIpc) is 2.46. The van der Waals surface area contributed by atoms with E-state index >= 15 is 0 Å². The largest absolute Gasteiger partial charge is 0.472 e. The molecule has 0 aromatic carbocycles. The molecule has 0 spiro atoms. The zero-order chi connectivity index (χ0) is 13.9. The molecule has 1 aliphatic heterocycles. The van der Waals surface area contributed by atoms with Crippen LogP contribution in [0.5, 0.6) is 5.88 Å². The number of nitrogens with two attached hydrogens (primary N) is 1. The lowest BCUT2D eigenvalue weighted by Crippen LogP contribution is -2.44. The quantitative estimate of drug-likeness (QED) is 0.837. The van der Waals surface area contributed by atoms with Crippen LogP contribution in [0.3, 0.4) is 0 Å². The smallest absolute Gasteiger partial charge is 0.257 e. The molecule has 0 atom stereocenters. The molecular formula is C14H22N4O2. The Bertz CT molecular complexity index is 443. The van der Waals surface area contributed by atoms with Crippen molar-refractivity contribution >= 4 is 5.82 Å². The maximum atomic E-state index is 9.20. The van der Waals surface area contributed by atoms with Gasteiger partial charge in [0.1, 0.15) is 6.10 Å². The molecule has 1 aromatic rings. The molecule has 0 bridgehead atoms. The standard InChI is InChI=1S/C14H22N4O2/c15-11-7-12(8-11)20-14-13(16-3-4-17-14)18-5-1-10(9-19)2-6-18/h3-4,10-12,19H,1-2,5-9,15H2/t11-,12+. The van der Waals surface area contributed by atoms with Crippen LogP contribution in [0.2, 0.25) is 0 Å². The number of ether oxygens (including phenoxy) is 1. The van der Waals surface area contributed by atoms with Crippen LogP contribution in [0.25, 0.3) is 0 Å². The van der Waals surface area contributed by atoms with E-state index < -0.39 is 0 Å². The summed E-state index contributed by atoms with van der Waals surface area (Å²) in [5.74, 6) is 1.85. The SMILES string of the molecule is N[C@H]1C[C@@H](Oc2nccnc2N2CCC(CO)CC2)C1. The number of aliphatic hydroxyl groups is 1. The molecule has 1 saturated heterocycles. The van der Waals surface area contributed by atoms with Gasteiger partial charge in [-0.2, -0.15) is 0 Å². The molecule has 3 rings (SSSR count). The number of hydrogen-bond acceptors (Lipinski definition) is 6. The minimum Gasteiger partial charge on any atom is -0.472 e. The second-order valence-corrected chi connectivity index (χ2v) is 5.77. The Balaban J connectivity index is 1.66. The zero-order valence-electron chi connectivity index (χ0n) is 11.6. The Hall–Kier alpha value is -1.40. The third kappa shape index (κ3) is 2.86.